The fraction of sp³-hybridized carbons (Fsp3) is 0. The standard InChI is InChI=1S/C24H16ClN3/c25-21-9-4-8-20(16-21)23-26-24-22(10-5-15-28(24)27-23)19-13-11-18(12-14-19)17-6-2-1-3-7-17/h1-16H. The number of aromatic nitrogens is 3. The molecule has 0 N–H and O–H groups in total. The van der Waals surface area contributed by atoms with Gasteiger partial charge in [-0.25, -0.2) is 9.50 Å². The highest BCUT2D eigenvalue weighted by Crippen LogP contribution is 2.28. The van der Waals surface area contributed by atoms with Gasteiger partial charge in [0.15, 0.2) is 11.5 Å². The van der Waals surface area contributed by atoms with Crippen LogP contribution in [0.4, 0.5) is 0 Å². The molecule has 0 fully saturated rings. The van der Waals surface area contributed by atoms with Gasteiger partial charge in [-0.2, -0.15) is 0 Å². The molecule has 0 unspecified atom stereocenters. The Kier molecular flexibility index (Phi) is 4.15. The maximum absolute atomic E-state index is 6.12. The topological polar surface area (TPSA) is 30.2 Å². The quantitative estimate of drug-likeness (QED) is 0.362. The summed E-state index contributed by atoms with van der Waals surface area (Å²) in [5.74, 6) is 0.663. The zero-order chi connectivity index (χ0) is 18.9. The van der Waals surface area contributed by atoms with Gasteiger partial charge >= 0.3 is 0 Å². The third-order valence-corrected chi connectivity index (χ3v) is 4.98. The third kappa shape index (κ3) is 3.06. The normalized spacial score (nSPS) is 11.0. The molecule has 0 spiro atoms. The Morgan fingerprint density at radius 1 is 0.643 bits per heavy atom. The van der Waals surface area contributed by atoms with Crippen molar-refractivity contribution >= 4 is 17.2 Å². The predicted octanol–water partition coefficient (Wildman–Crippen LogP) is 6.38. The monoisotopic (exact) mass is 381 g/mol. The summed E-state index contributed by atoms with van der Waals surface area (Å²) in [5, 5.41) is 5.30. The Hall–Kier alpha value is -3.43. The van der Waals surface area contributed by atoms with Crippen molar-refractivity contribution < 1.29 is 0 Å². The molecule has 2 aromatic heterocycles. The van der Waals surface area contributed by atoms with Gasteiger partial charge in [-0.1, -0.05) is 78.3 Å². The van der Waals surface area contributed by atoms with Crippen LogP contribution in [0.3, 0.4) is 0 Å². The van der Waals surface area contributed by atoms with Gasteiger partial charge in [0.05, 0.1) is 0 Å². The highest BCUT2D eigenvalue weighted by molar-refractivity contribution is 6.30. The first-order valence-corrected chi connectivity index (χ1v) is 9.43. The zero-order valence-corrected chi connectivity index (χ0v) is 15.7. The summed E-state index contributed by atoms with van der Waals surface area (Å²) in [6.45, 7) is 0. The van der Waals surface area contributed by atoms with E-state index in [0.717, 1.165) is 22.3 Å². The second-order valence-electron chi connectivity index (χ2n) is 6.58. The molecule has 0 amide bonds. The van der Waals surface area contributed by atoms with E-state index in [1.807, 2.05) is 47.1 Å². The van der Waals surface area contributed by atoms with Crippen LogP contribution >= 0.6 is 11.6 Å². The predicted molar refractivity (Wildman–Crippen MR) is 114 cm³/mol. The van der Waals surface area contributed by atoms with Gasteiger partial charge in [0.1, 0.15) is 0 Å². The molecule has 0 saturated heterocycles. The average Bonchev–Trinajstić information content (AvgIpc) is 3.19. The molecule has 0 aliphatic carbocycles. The molecular weight excluding hydrogens is 366 g/mol. The zero-order valence-electron chi connectivity index (χ0n) is 15.0. The van der Waals surface area contributed by atoms with Crippen molar-refractivity contribution in [3.8, 4) is 33.6 Å². The van der Waals surface area contributed by atoms with Crippen LogP contribution in [0, 0.1) is 0 Å². The van der Waals surface area contributed by atoms with Crippen molar-refractivity contribution in [2.75, 3.05) is 0 Å². The van der Waals surface area contributed by atoms with E-state index >= 15 is 0 Å². The van der Waals surface area contributed by atoms with Gasteiger partial charge in [0.2, 0.25) is 0 Å². The maximum Gasteiger partial charge on any atom is 0.182 e. The number of benzene rings is 3. The third-order valence-electron chi connectivity index (χ3n) is 4.75. The molecule has 0 aliphatic heterocycles. The Morgan fingerprint density at radius 3 is 2.14 bits per heavy atom. The van der Waals surface area contributed by atoms with Crippen molar-refractivity contribution in [2.24, 2.45) is 0 Å². The van der Waals surface area contributed by atoms with E-state index in [1.165, 1.54) is 11.1 Å². The molecule has 3 nitrogen and oxygen atoms in total. The van der Waals surface area contributed by atoms with Gasteiger partial charge in [0, 0.05) is 22.3 Å². The molecule has 5 aromatic rings. The number of pyridine rings is 1. The molecule has 28 heavy (non-hydrogen) atoms. The van der Waals surface area contributed by atoms with E-state index in [0.29, 0.717) is 10.8 Å². The number of nitrogens with zero attached hydrogens (tertiary/aromatic N) is 3. The summed E-state index contributed by atoms with van der Waals surface area (Å²) < 4.78 is 1.82. The number of halogens is 1. The van der Waals surface area contributed by atoms with Crippen LogP contribution in [0.15, 0.2) is 97.2 Å². The number of fused-ring (bicyclic) bond motifs is 1. The first kappa shape index (κ1) is 16.7. The Morgan fingerprint density at radius 2 is 1.36 bits per heavy atom. The smallest absolute Gasteiger partial charge is 0.182 e. The van der Waals surface area contributed by atoms with Crippen LogP contribution in [0.25, 0.3) is 39.3 Å². The van der Waals surface area contributed by atoms with E-state index in [1.54, 1.807) is 0 Å². The van der Waals surface area contributed by atoms with Crippen molar-refractivity contribution in [3.63, 3.8) is 0 Å². The lowest BCUT2D eigenvalue weighted by atomic mass is 10.0. The van der Waals surface area contributed by atoms with E-state index in [2.05, 4.69) is 59.7 Å². The minimum atomic E-state index is 0.663. The van der Waals surface area contributed by atoms with Gasteiger partial charge in [-0.15, -0.1) is 5.10 Å². The summed E-state index contributed by atoms with van der Waals surface area (Å²) in [5.41, 5.74) is 6.28. The van der Waals surface area contributed by atoms with E-state index in [-0.39, 0.29) is 0 Å². The molecule has 0 radical (unpaired) electrons. The molecule has 4 heteroatoms. The van der Waals surface area contributed by atoms with Crippen LogP contribution < -0.4 is 0 Å². The van der Waals surface area contributed by atoms with Gasteiger partial charge in [-0.05, 0) is 41.0 Å². The molecule has 0 bridgehead atoms. The fourth-order valence-electron chi connectivity index (χ4n) is 3.35. The Balaban J connectivity index is 1.57. The number of hydrogen-bond acceptors (Lipinski definition) is 2. The lowest BCUT2D eigenvalue weighted by Gasteiger charge is -2.05. The van der Waals surface area contributed by atoms with Crippen LogP contribution in [0.1, 0.15) is 0 Å². The van der Waals surface area contributed by atoms with Crippen molar-refractivity contribution in [2.45, 2.75) is 0 Å². The molecule has 2 heterocycles. The van der Waals surface area contributed by atoms with Crippen molar-refractivity contribution in [3.05, 3.63) is 102 Å². The molecule has 0 atom stereocenters. The minimum Gasteiger partial charge on any atom is -0.220 e. The summed E-state index contributed by atoms with van der Waals surface area (Å²) in [6.07, 6.45) is 1.91. The second kappa shape index (κ2) is 6.95. The van der Waals surface area contributed by atoms with Gasteiger partial charge in [-0.3, -0.25) is 0 Å². The largest absolute Gasteiger partial charge is 0.220 e. The Labute approximate surface area is 167 Å². The van der Waals surface area contributed by atoms with Gasteiger partial charge in [0.25, 0.3) is 0 Å². The number of rotatable bonds is 3. The van der Waals surface area contributed by atoms with Gasteiger partial charge < -0.3 is 0 Å². The summed E-state index contributed by atoms with van der Waals surface area (Å²) in [4.78, 5) is 4.77. The average molecular weight is 382 g/mol. The molecule has 134 valence electrons. The lowest BCUT2D eigenvalue weighted by Crippen LogP contribution is -1.89. The first-order valence-electron chi connectivity index (χ1n) is 9.05. The molecule has 0 aliphatic rings. The Bertz CT molecular complexity index is 1260. The molecule has 3 aromatic carbocycles. The van der Waals surface area contributed by atoms with Crippen molar-refractivity contribution in [1.29, 1.82) is 0 Å². The first-order chi connectivity index (χ1) is 13.8. The van der Waals surface area contributed by atoms with E-state index < -0.39 is 0 Å². The lowest BCUT2D eigenvalue weighted by molar-refractivity contribution is 0.967. The fourth-order valence-corrected chi connectivity index (χ4v) is 3.54. The summed E-state index contributed by atoms with van der Waals surface area (Å²) in [7, 11) is 0. The summed E-state index contributed by atoms with van der Waals surface area (Å²) in [6, 6.07) is 30.6. The highest BCUT2D eigenvalue weighted by atomic mass is 35.5. The highest BCUT2D eigenvalue weighted by Gasteiger charge is 2.11. The maximum atomic E-state index is 6.12. The minimum absolute atomic E-state index is 0.663. The van der Waals surface area contributed by atoms with E-state index in [9.17, 15) is 0 Å². The van der Waals surface area contributed by atoms with Crippen LogP contribution in [-0.4, -0.2) is 14.6 Å². The second-order valence-corrected chi connectivity index (χ2v) is 7.02. The molecule has 0 saturated carbocycles. The van der Waals surface area contributed by atoms with Crippen LogP contribution in [-0.2, 0) is 0 Å². The molecule has 5 rings (SSSR count). The SMILES string of the molecule is Clc1cccc(-c2nc3c(-c4ccc(-c5ccccc5)cc4)cccn3n2)c1. The van der Waals surface area contributed by atoms with Crippen molar-refractivity contribution in [1.82, 2.24) is 14.6 Å². The van der Waals surface area contributed by atoms with Crippen LogP contribution in [0.5, 0.6) is 0 Å². The molecular formula is C24H16ClN3. The van der Waals surface area contributed by atoms with Crippen LogP contribution in [0.2, 0.25) is 5.02 Å². The summed E-state index contributed by atoms with van der Waals surface area (Å²) >= 11 is 6.12. The number of hydrogen-bond donors (Lipinski definition) is 0. The van der Waals surface area contributed by atoms with E-state index in [4.69, 9.17) is 16.6 Å².